The maximum absolute atomic E-state index is 11.9. The zero-order valence-corrected chi connectivity index (χ0v) is 24.5. The van der Waals surface area contributed by atoms with Crippen molar-refractivity contribution in [3.8, 4) is 17.2 Å². The quantitative estimate of drug-likeness (QED) is 0.281. The summed E-state index contributed by atoms with van der Waals surface area (Å²) in [5, 5.41) is 4.01. The first-order valence-corrected chi connectivity index (χ1v) is 14.9. The number of hydrogen-bond donors (Lipinski definition) is 2. The van der Waals surface area contributed by atoms with E-state index in [0.717, 1.165) is 46.0 Å². The predicted molar refractivity (Wildman–Crippen MR) is 161 cm³/mol. The van der Waals surface area contributed by atoms with Gasteiger partial charge in [-0.1, -0.05) is 6.07 Å². The Bertz CT molecular complexity index is 1650. The summed E-state index contributed by atoms with van der Waals surface area (Å²) in [6.45, 7) is 4.18. The second kappa shape index (κ2) is 10.8. The van der Waals surface area contributed by atoms with Crippen molar-refractivity contribution in [3.63, 3.8) is 0 Å². The van der Waals surface area contributed by atoms with Crippen molar-refractivity contribution in [2.45, 2.75) is 25.9 Å². The Balaban J connectivity index is 1.65. The SMILES string of the molecule is COc1ccc(-n2c(C)cc([C@@H]3[C@@H](c4ccccn4)NC(=S)N3c3ccc(NS(C)(=O)=O)c(OC)c3)c2C)cc1. The molecular formula is C29H31N5O4S2. The Morgan fingerprint density at radius 1 is 0.975 bits per heavy atom. The molecule has 0 radical (unpaired) electrons. The molecule has 2 aromatic heterocycles. The van der Waals surface area contributed by atoms with Crippen LogP contribution in [0.15, 0.2) is 72.9 Å². The van der Waals surface area contributed by atoms with Gasteiger partial charge in [0.05, 0.1) is 43.9 Å². The lowest BCUT2D eigenvalue weighted by atomic mass is 9.96. The van der Waals surface area contributed by atoms with E-state index in [1.54, 1.807) is 25.4 Å². The molecule has 0 saturated carbocycles. The summed E-state index contributed by atoms with van der Waals surface area (Å²) in [4.78, 5) is 6.70. The van der Waals surface area contributed by atoms with E-state index in [0.29, 0.717) is 16.5 Å². The first kappa shape index (κ1) is 27.5. The van der Waals surface area contributed by atoms with E-state index in [2.05, 4.69) is 39.5 Å². The van der Waals surface area contributed by atoms with Crippen LogP contribution in [0.2, 0.25) is 0 Å². The topological polar surface area (TPSA) is 97.7 Å². The highest BCUT2D eigenvalue weighted by Gasteiger charge is 2.42. The lowest BCUT2D eigenvalue weighted by Crippen LogP contribution is -2.29. The normalized spacial score (nSPS) is 17.0. The highest BCUT2D eigenvalue weighted by Crippen LogP contribution is 2.45. The lowest BCUT2D eigenvalue weighted by Gasteiger charge is -2.29. The summed E-state index contributed by atoms with van der Waals surface area (Å²) in [7, 11) is -0.333. The Hall–Kier alpha value is -4.09. The van der Waals surface area contributed by atoms with Crippen molar-refractivity contribution in [2.24, 2.45) is 0 Å². The molecule has 3 heterocycles. The van der Waals surface area contributed by atoms with Gasteiger partial charge in [0.15, 0.2) is 5.11 Å². The molecule has 2 N–H and O–H groups in total. The third-order valence-electron chi connectivity index (χ3n) is 6.98. The van der Waals surface area contributed by atoms with Crippen molar-refractivity contribution in [1.82, 2.24) is 14.9 Å². The Morgan fingerprint density at radius 2 is 1.70 bits per heavy atom. The van der Waals surface area contributed by atoms with Crippen molar-refractivity contribution < 1.29 is 17.9 Å². The van der Waals surface area contributed by atoms with Crippen molar-refractivity contribution in [1.29, 1.82) is 0 Å². The van der Waals surface area contributed by atoms with Gasteiger partial charge in [-0.25, -0.2) is 8.42 Å². The number of nitrogens with zero attached hydrogens (tertiary/aromatic N) is 3. The van der Waals surface area contributed by atoms with Crippen LogP contribution < -0.4 is 24.4 Å². The Morgan fingerprint density at radius 3 is 2.33 bits per heavy atom. The molecule has 11 heteroatoms. The maximum atomic E-state index is 11.9. The number of pyridine rings is 1. The van der Waals surface area contributed by atoms with Crippen LogP contribution in [0.25, 0.3) is 5.69 Å². The Kier molecular flexibility index (Phi) is 7.43. The largest absolute Gasteiger partial charge is 0.497 e. The summed E-state index contributed by atoms with van der Waals surface area (Å²) < 4.78 is 39.4. The molecule has 1 fully saturated rings. The zero-order chi connectivity index (χ0) is 28.6. The lowest BCUT2D eigenvalue weighted by molar-refractivity contribution is 0.414. The maximum Gasteiger partial charge on any atom is 0.229 e. The number of hydrogen-bond acceptors (Lipinski definition) is 6. The summed E-state index contributed by atoms with van der Waals surface area (Å²) in [6, 6.07) is 20.8. The molecule has 0 unspecified atom stereocenters. The number of sulfonamides is 1. The first-order valence-electron chi connectivity index (χ1n) is 12.6. The van der Waals surface area contributed by atoms with Crippen molar-refractivity contribution in [3.05, 3.63) is 95.6 Å². The first-order chi connectivity index (χ1) is 19.1. The molecule has 2 atom stereocenters. The molecule has 9 nitrogen and oxygen atoms in total. The molecular weight excluding hydrogens is 546 g/mol. The minimum atomic E-state index is -3.49. The number of methoxy groups -OCH3 is 2. The highest BCUT2D eigenvalue weighted by molar-refractivity contribution is 7.92. The van der Waals surface area contributed by atoms with Gasteiger partial charge in [-0.15, -0.1) is 0 Å². The van der Waals surface area contributed by atoms with Crippen LogP contribution in [-0.4, -0.2) is 43.6 Å². The average Bonchev–Trinajstić information content (AvgIpc) is 3.43. The fourth-order valence-electron chi connectivity index (χ4n) is 5.28. The number of anilines is 2. The standard InChI is InChI=1S/C29H31N5O4S2/c1-18-16-23(19(2)33(18)20-9-12-22(37-3)13-10-20)28-27(25-8-6-7-15-30-25)31-29(39)34(28)21-11-14-24(26(17-21)38-4)32-40(5,35)36/h6-17,27-28,32H,1-5H3,(H,31,39)/t27-,28-/m1/s1. The van der Waals surface area contributed by atoms with Crippen molar-refractivity contribution >= 4 is 38.7 Å². The zero-order valence-electron chi connectivity index (χ0n) is 22.9. The second-order valence-corrected chi connectivity index (χ2v) is 11.8. The number of rotatable bonds is 8. The summed E-state index contributed by atoms with van der Waals surface area (Å²) in [5.41, 5.74) is 6.19. The molecule has 1 aliphatic rings. The van der Waals surface area contributed by atoms with Crippen LogP contribution in [0.4, 0.5) is 11.4 Å². The number of aryl methyl sites for hydroxylation is 1. The summed E-state index contributed by atoms with van der Waals surface area (Å²) in [6.07, 6.45) is 2.88. The van der Waals surface area contributed by atoms with Gasteiger partial charge in [0.25, 0.3) is 0 Å². The molecule has 5 rings (SSSR count). The van der Waals surface area contributed by atoms with Crippen LogP contribution >= 0.6 is 12.2 Å². The van der Waals surface area contributed by atoms with Crippen LogP contribution in [0.5, 0.6) is 11.5 Å². The highest BCUT2D eigenvalue weighted by atomic mass is 32.2. The van der Waals surface area contributed by atoms with Crippen LogP contribution in [0.1, 0.15) is 34.7 Å². The average molecular weight is 578 g/mol. The van der Waals surface area contributed by atoms with Gasteiger partial charge in [-0.2, -0.15) is 0 Å². The van der Waals surface area contributed by atoms with Gasteiger partial charge in [-0.05, 0) is 86.2 Å². The van der Waals surface area contributed by atoms with E-state index in [4.69, 9.17) is 21.7 Å². The summed E-state index contributed by atoms with van der Waals surface area (Å²) in [5.74, 6) is 1.18. The van der Waals surface area contributed by atoms with E-state index in [1.165, 1.54) is 7.11 Å². The Labute approximate surface area is 239 Å². The minimum Gasteiger partial charge on any atom is -0.497 e. The number of nitrogens with one attached hydrogen (secondary N) is 2. The monoisotopic (exact) mass is 577 g/mol. The second-order valence-electron chi connectivity index (χ2n) is 9.62. The van der Waals surface area contributed by atoms with Gasteiger partial charge in [0, 0.05) is 35.0 Å². The molecule has 2 aromatic carbocycles. The molecule has 0 bridgehead atoms. The van der Waals surface area contributed by atoms with Gasteiger partial charge < -0.3 is 24.3 Å². The molecule has 0 spiro atoms. The number of ether oxygens (including phenoxy) is 2. The third-order valence-corrected chi connectivity index (χ3v) is 7.88. The fourth-order valence-corrected chi connectivity index (χ4v) is 6.19. The van der Waals surface area contributed by atoms with Crippen LogP contribution in [0, 0.1) is 13.8 Å². The van der Waals surface area contributed by atoms with E-state index in [-0.39, 0.29) is 12.1 Å². The van der Waals surface area contributed by atoms with Gasteiger partial charge >= 0.3 is 0 Å². The van der Waals surface area contributed by atoms with E-state index in [1.807, 2.05) is 53.4 Å². The van der Waals surface area contributed by atoms with Gasteiger partial charge in [0.2, 0.25) is 10.0 Å². The third kappa shape index (κ3) is 5.22. The van der Waals surface area contributed by atoms with Gasteiger partial charge in [-0.3, -0.25) is 9.71 Å². The van der Waals surface area contributed by atoms with E-state index in [9.17, 15) is 8.42 Å². The van der Waals surface area contributed by atoms with Gasteiger partial charge in [0.1, 0.15) is 11.5 Å². The predicted octanol–water partition coefficient (Wildman–Crippen LogP) is 5.05. The molecule has 1 aliphatic heterocycles. The number of aromatic nitrogens is 2. The molecule has 0 amide bonds. The molecule has 0 aliphatic carbocycles. The molecule has 40 heavy (non-hydrogen) atoms. The summed E-state index contributed by atoms with van der Waals surface area (Å²) >= 11 is 5.89. The van der Waals surface area contributed by atoms with Crippen LogP contribution in [0.3, 0.4) is 0 Å². The number of benzene rings is 2. The smallest absolute Gasteiger partial charge is 0.229 e. The molecule has 1 saturated heterocycles. The number of thiocarbonyl (C=S) groups is 1. The van der Waals surface area contributed by atoms with Crippen LogP contribution in [-0.2, 0) is 10.0 Å². The van der Waals surface area contributed by atoms with E-state index < -0.39 is 10.0 Å². The minimum absolute atomic E-state index is 0.238. The fraction of sp³-hybridized carbons (Fsp3) is 0.241. The van der Waals surface area contributed by atoms with E-state index >= 15 is 0 Å². The molecule has 208 valence electrons. The van der Waals surface area contributed by atoms with Crippen molar-refractivity contribution in [2.75, 3.05) is 30.1 Å². The molecule has 4 aromatic rings.